The van der Waals surface area contributed by atoms with E-state index in [1.54, 1.807) is 18.3 Å². The van der Waals surface area contributed by atoms with Crippen LogP contribution in [0.2, 0.25) is 0 Å². The van der Waals surface area contributed by atoms with Crippen molar-refractivity contribution < 1.29 is 4.79 Å². The molecule has 0 aliphatic carbocycles. The molecule has 4 nitrogen and oxygen atoms in total. The number of amides is 1. The van der Waals surface area contributed by atoms with Crippen LogP contribution in [0, 0.1) is 11.3 Å². The minimum atomic E-state index is -0.408. The van der Waals surface area contributed by atoms with Crippen molar-refractivity contribution in [1.29, 1.82) is 5.26 Å². The lowest BCUT2D eigenvalue weighted by Crippen LogP contribution is -2.27. The zero-order valence-electron chi connectivity index (χ0n) is 12.0. The van der Waals surface area contributed by atoms with Crippen LogP contribution in [0.3, 0.4) is 0 Å². The first-order chi connectivity index (χ1) is 10.6. The molecule has 22 heavy (non-hydrogen) atoms. The summed E-state index contributed by atoms with van der Waals surface area (Å²) >= 11 is 3.29. The van der Waals surface area contributed by atoms with Gasteiger partial charge in [-0.15, -0.1) is 0 Å². The van der Waals surface area contributed by atoms with Crippen LogP contribution < -0.4 is 5.32 Å². The summed E-state index contributed by atoms with van der Waals surface area (Å²) in [7, 11) is 0. The molecule has 1 aromatic heterocycles. The summed E-state index contributed by atoms with van der Waals surface area (Å²) in [5.41, 5.74) is 1.70. The summed E-state index contributed by atoms with van der Waals surface area (Å²) in [6.07, 6.45) is 3.15. The summed E-state index contributed by atoms with van der Waals surface area (Å²) in [5.74, 6) is -0.408. The van der Waals surface area contributed by atoms with E-state index in [9.17, 15) is 10.1 Å². The fourth-order valence-corrected chi connectivity index (χ4v) is 2.27. The van der Waals surface area contributed by atoms with Gasteiger partial charge in [0.1, 0.15) is 16.2 Å². The number of carbonyl (C=O) groups is 1. The van der Waals surface area contributed by atoms with Gasteiger partial charge in [0, 0.05) is 11.8 Å². The first-order valence-electron chi connectivity index (χ1n) is 6.70. The normalized spacial score (nSPS) is 12.3. The quantitative estimate of drug-likeness (QED) is 0.517. The molecule has 1 heterocycles. The van der Waals surface area contributed by atoms with Gasteiger partial charge in [-0.3, -0.25) is 4.79 Å². The molecule has 1 atom stereocenters. The highest BCUT2D eigenvalue weighted by Crippen LogP contribution is 2.17. The Hall–Kier alpha value is -2.45. The molecule has 0 bridgehead atoms. The predicted molar refractivity (Wildman–Crippen MR) is 88.5 cm³/mol. The maximum Gasteiger partial charge on any atom is 0.262 e. The zero-order valence-corrected chi connectivity index (χ0v) is 13.5. The molecule has 0 spiro atoms. The number of nitriles is 1. The molecular weight excluding hydrogens is 342 g/mol. The molecule has 2 rings (SSSR count). The van der Waals surface area contributed by atoms with Gasteiger partial charge in [-0.2, -0.15) is 5.26 Å². The van der Waals surface area contributed by atoms with Gasteiger partial charge in [0.05, 0.1) is 6.04 Å². The molecule has 1 unspecified atom stereocenters. The Kier molecular flexibility index (Phi) is 5.45. The van der Waals surface area contributed by atoms with Crippen LogP contribution in [0.5, 0.6) is 0 Å². The summed E-state index contributed by atoms with van der Waals surface area (Å²) in [5, 5.41) is 12.0. The second-order valence-corrected chi connectivity index (χ2v) is 5.41. The zero-order chi connectivity index (χ0) is 15.9. The molecule has 5 heteroatoms. The SMILES string of the molecule is CC(NC(=O)/C(C#N)=C/c1cccnc1Br)c1ccccc1. The minimum absolute atomic E-state index is 0.0384. The highest BCUT2D eigenvalue weighted by molar-refractivity contribution is 9.10. The summed E-state index contributed by atoms with van der Waals surface area (Å²) in [6, 6.07) is 14.9. The number of hydrogen-bond acceptors (Lipinski definition) is 3. The van der Waals surface area contributed by atoms with Gasteiger partial charge >= 0.3 is 0 Å². The molecule has 110 valence electrons. The van der Waals surface area contributed by atoms with Crippen molar-refractivity contribution in [3.05, 3.63) is 70.0 Å². The highest BCUT2D eigenvalue weighted by Gasteiger charge is 2.14. The van der Waals surface area contributed by atoms with Crippen LogP contribution in [0.1, 0.15) is 24.1 Å². The van der Waals surface area contributed by atoms with E-state index in [-0.39, 0.29) is 11.6 Å². The number of nitrogens with zero attached hydrogens (tertiary/aromatic N) is 2. The third kappa shape index (κ3) is 4.03. The van der Waals surface area contributed by atoms with Gasteiger partial charge in [-0.25, -0.2) is 4.98 Å². The number of nitrogens with one attached hydrogen (secondary N) is 1. The topological polar surface area (TPSA) is 65.8 Å². The number of hydrogen-bond donors (Lipinski definition) is 1. The standard InChI is InChI=1S/C17H14BrN3O/c1-12(13-6-3-2-4-7-13)21-17(22)15(11-19)10-14-8-5-9-20-16(14)18/h2-10,12H,1H3,(H,21,22)/b15-10+. The van der Waals surface area contributed by atoms with E-state index < -0.39 is 5.91 Å². The van der Waals surface area contributed by atoms with Gasteiger partial charge in [0.2, 0.25) is 0 Å². The monoisotopic (exact) mass is 355 g/mol. The smallest absolute Gasteiger partial charge is 0.262 e. The van der Waals surface area contributed by atoms with Crippen LogP contribution in [-0.4, -0.2) is 10.9 Å². The lowest BCUT2D eigenvalue weighted by molar-refractivity contribution is -0.117. The van der Waals surface area contributed by atoms with Crippen LogP contribution in [0.25, 0.3) is 6.08 Å². The number of pyridine rings is 1. The summed E-state index contributed by atoms with van der Waals surface area (Å²) < 4.78 is 0.589. The first-order valence-corrected chi connectivity index (χ1v) is 7.49. The Labute approximate surface area is 137 Å². The Balaban J connectivity index is 2.17. The van der Waals surface area contributed by atoms with Crippen LogP contribution in [0.4, 0.5) is 0 Å². The van der Waals surface area contributed by atoms with Crippen molar-refractivity contribution in [1.82, 2.24) is 10.3 Å². The van der Waals surface area contributed by atoms with E-state index >= 15 is 0 Å². The molecule has 0 aliphatic rings. The lowest BCUT2D eigenvalue weighted by Gasteiger charge is -2.13. The van der Waals surface area contributed by atoms with Crippen molar-refractivity contribution in [3.8, 4) is 6.07 Å². The Bertz CT molecular complexity index is 735. The number of halogens is 1. The number of rotatable bonds is 4. The van der Waals surface area contributed by atoms with E-state index in [1.807, 2.05) is 43.3 Å². The molecule has 1 aromatic carbocycles. The largest absolute Gasteiger partial charge is 0.345 e. The average Bonchev–Trinajstić information content (AvgIpc) is 2.54. The molecule has 0 aliphatic heterocycles. The van der Waals surface area contributed by atoms with E-state index in [2.05, 4.69) is 26.2 Å². The number of benzene rings is 1. The van der Waals surface area contributed by atoms with E-state index in [4.69, 9.17) is 0 Å². The molecule has 0 saturated carbocycles. The Morgan fingerprint density at radius 2 is 2.05 bits per heavy atom. The molecular formula is C17H14BrN3O. The lowest BCUT2D eigenvalue weighted by atomic mass is 10.1. The molecule has 0 radical (unpaired) electrons. The average molecular weight is 356 g/mol. The maximum absolute atomic E-state index is 12.2. The second kappa shape index (κ2) is 7.53. The van der Waals surface area contributed by atoms with Crippen LogP contribution in [0.15, 0.2) is 58.8 Å². The molecule has 1 amide bonds. The maximum atomic E-state index is 12.2. The fraction of sp³-hybridized carbons (Fsp3) is 0.118. The van der Waals surface area contributed by atoms with E-state index in [0.29, 0.717) is 10.2 Å². The highest BCUT2D eigenvalue weighted by atomic mass is 79.9. The fourth-order valence-electron chi connectivity index (χ4n) is 1.91. The van der Waals surface area contributed by atoms with E-state index in [1.165, 1.54) is 6.08 Å². The van der Waals surface area contributed by atoms with Crippen molar-refractivity contribution in [2.24, 2.45) is 0 Å². The van der Waals surface area contributed by atoms with Gasteiger partial charge in [0.15, 0.2) is 0 Å². The third-order valence-electron chi connectivity index (χ3n) is 3.10. The number of carbonyl (C=O) groups excluding carboxylic acids is 1. The third-order valence-corrected chi connectivity index (χ3v) is 3.76. The molecule has 2 aromatic rings. The van der Waals surface area contributed by atoms with Crippen LogP contribution in [-0.2, 0) is 4.79 Å². The minimum Gasteiger partial charge on any atom is -0.345 e. The Morgan fingerprint density at radius 1 is 1.32 bits per heavy atom. The predicted octanol–water partition coefficient (Wildman–Crippen LogP) is 3.63. The van der Waals surface area contributed by atoms with Crippen molar-refractivity contribution in [3.63, 3.8) is 0 Å². The second-order valence-electron chi connectivity index (χ2n) is 4.66. The van der Waals surface area contributed by atoms with Gasteiger partial charge in [0.25, 0.3) is 5.91 Å². The summed E-state index contributed by atoms with van der Waals surface area (Å²) in [6.45, 7) is 1.88. The number of aromatic nitrogens is 1. The van der Waals surface area contributed by atoms with Gasteiger partial charge < -0.3 is 5.32 Å². The Morgan fingerprint density at radius 3 is 2.68 bits per heavy atom. The molecule has 1 N–H and O–H groups in total. The van der Waals surface area contributed by atoms with Gasteiger partial charge in [-0.1, -0.05) is 36.4 Å². The first kappa shape index (κ1) is 15.9. The van der Waals surface area contributed by atoms with Crippen molar-refractivity contribution >= 4 is 27.9 Å². The summed E-state index contributed by atoms with van der Waals surface area (Å²) in [4.78, 5) is 16.3. The van der Waals surface area contributed by atoms with Crippen LogP contribution >= 0.6 is 15.9 Å². The van der Waals surface area contributed by atoms with Crippen molar-refractivity contribution in [2.45, 2.75) is 13.0 Å². The van der Waals surface area contributed by atoms with E-state index in [0.717, 1.165) is 5.56 Å². The molecule has 0 saturated heterocycles. The molecule has 0 fully saturated rings. The van der Waals surface area contributed by atoms with Gasteiger partial charge in [-0.05, 0) is 40.6 Å². The van der Waals surface area contributed by atoms with Crippen molar-refractivity contribution in [2.75, 3.05) is 0 Å².